The highest BCUT2D eigenvalue weighted by atomic mass is 15.3. The van der Waals surface area contributed by atoms with Gasteiger partial charge in [0.05, 0.1) is 5.84 Å². The summed E-state index contributed by atoms with van der Waals surface area (Å²) in [6.07, 6.45) is 2.25. The fourth-order valence-electron chi connectivity index (χ4n) is 1.41. The van der Waals surface area contributed by atoms with Crippen molar-refractivity contribution in [2.45, 2.75) is 13.3 Å². The van der Waals surface area contributed by atoms with E-state index >= 15 is 0 Å². The summed E-state index contributed by atoms with van der Waals surface area (Å²) >= 11 is 0. The Kier molecular flexibility index (Phi) is 1.92. The zero-order valence-electron chi connectivity index (χ0n) is 7.86. The van der Waals surface area contributed by atoms with E-state index < -0.39 is 0 Å². The second kappa shape index (κ2) is 3.10. The molecule has 0 aliphatic heterocycles. The molecule has 0 aliphatic carbocycles. The number of hydrogen-bond acceptors (Lipinski definition) is 3. The van der Waals surface area contributed by atoms with E-state index in [1.807, 2.05) is 25.3 Å². The van der Waals surface area contributed by atoms with Crippen molar-refractivity contribution in [3.05, 3.63) is 29.7 Å². The maximum atomic E-state index is 7.23. The molecule has 0 saturated carbocycles. The van der Waals surface area contributed by atoms with Crippen LogP contribution >= 0.6 is 0 Å². The maximum absolute atomic E-state index is 7.23. The van der Waals surface area contributed by atoms with Gasteiger partial charge in [-0.2, -0.15) is 5.10 Å². The Bertz CT molecular complexity index is 485. The molecule has 14 heavy (non-hydrogen) atoms. The molecule has 0 amide bonds. The van der Waals surface area contributed by atoms with Gasteiger partial charge in [-0.05, 0) is 13.0 Å². The SMILES string of the molecule is Cc1nc2c(CC(=N)N)cccn2n1. The summed E-state index contributed by atoms with van der Waals surface area (Å²) in [5.74, 6) is 0.861. The van der Waals surface area contributed by atoms with Gasteiger partial charge in [-0.15, -0.1) is 0 Å². The van der Waals surface area contributed by atoms with Gasteiger partial charge in [0, 0.05) is 18.2 Å². The first-order valence-electron chi connectivity index (χ1n) is 4.30. The van der Waals surface area contributed by atoms with Crippen molar-refractivity contribution in [2.24, 2.45) is 5.73 Å². The van der Waals surface area contributed by atoms with Gasteiger partial charge < -0.3 is 5.73 Å². The third-order valence-electron chi connectivity index (χ3n) is 1.93. The molecule has 2 aromatic rings. The quantitative estimate of drug-likeness (QED) is 0.533. The monoisotopic (exact) mass is 189 g/mol. The molecule has 5 heteroatoms. The largest absolute Gasteiger partial charge is 0.387 e. The van der Waals surface area contributed by atoms with Gasteiger partial charge in [0.2, 0.25) is 0 Å². The van der Waals surface area contributed by atoms with Crippen molar-refractivity contribution in [2.75, 3.05) is 0 Å². The number of amidine groups is 1. The van der Waals surface area contributed by atoms with Crippen molar-refractivity contribution in [3.63, 3.8) is 0 Å². The third-order valence-corrected chi connectivity index (χ3v) is 1.93. The normalized spacial score (nSPS) is 10.6. The van der Waals surface area contributed by atoms with Crippen molar-refractivity contribution in [1.82, 2.24) is 14.6 Å². The molecule has 0 unspecified atom stereocenters. The second-order valence-corrected chi connectivity index (χ2v) is 3.16. The summed E-state index contributed by atoms with van der Waals surface area (Å²) in [5, 5.41) is 11.4. The Morgan fingerprint density at radius 3 is 3.14 bits per heavy atom. The van der Waals surface area contributed by atoms with E-state index in [1.54, 1.807) is 4.52 Å². The van der Waals surface area contributed by atoms with Crippen LogP contribution in [0.1, 0.15) is 11.4 Å². The van der Waals surface area contributed by atoms with Crippen LogP contribution in [0.15, 0.2) is 18.3 Å². The van der Waals surface area contributed by atoms with Crippen LogP contribution in [-0.4, -0.2) is 20.4 Å². The molecule has 0 spiro atoms. The molecule has 0 aliphatic rings. The molecule has 2 rings (SSSR count). The van der Waals surface area contributed by atoms with Crippen molar-refractivity contribution < 1.29 is 0 Å². The van der Waals surface area contributed by atoms with Crippen molar-refractivity contribution in [3.8, 4) is 0 Å². The van der Waals surface area contributed by atoms with Gasteiger partial charge in [-0.25, -0.2) is 9.50 Å². The molecule has 2 aromatic heterocycles. The van der Waals surface area contributed by atoms with Crippen LogP contribution < -0.4 is 5.73 Å². The van der Waals surface area contributed by atoms with Crippen LogP contribution in [0, 0.1) is 12.3 Å². The van der Waals surface area contributed by atoms with E-state index in [9.17, 15) is 0 Å². The van der Waals surface area contributed by atoms with Crippen LogP contribution in [0.25, 0.3) is 5.65 Å². The fourth-order valence-corrected chi connectivity index (χ4v) is 1.41. The van der Waals surface area contributed by atoms with Gasteiger partial charge in [-0.1, -0.05) is 6.07 Å². The predicted octanol–water partition coefficient (Wildman–Crippen LogP) is 0.516. The first-order valence-corrected chi connectivity index (χ1v) is 4.30. The zero-order chi connectivity index (χ0) is 10.1. The van der Waals surface area contributed by atoms with E-state index in [2.05, 4.69) is 10.1 Å². The Morgan fingerprint density at radius 2 is 2.43 bits per heavy atom. The van der Waals surface area contributed by atoms with Crippen molar-refractivity contribution >= 4 is 11.5 Å². The fraction of sp³-hybridized carbons (Fsp3) is 0.222. The van der Waals surface area contributed by atoms with Gasteiger partial charge in [0.15, 0.2) is 5.65 Å². The van der Waals surface area contributed by atoms with Crippen LogP contribution in [0.5, 0.6) is 0 Å². The number of hydrogen-bond donors (Lipinski definition) is 2. The van der Waals surface area contributed by atoms with Gasteiger partial charge in [-0.3, -0.25) is 5.41 Å². The Labute approximate surface area is 81.1 Å². The number of aromatic nitrogens is 3. The standard InChI is InChI=1S/C9H11N5/c1-6-12-9-7(5-8(10)11)3-2-4-14(9)13-6/h2-4H,5H2,1H3,(H3,10,11). The summed E-state index contributed by atoms with van der Waals surface area (Å²) in [6.45, 7) is 1.84. The van der Waals surface area contributed by atoms with E-state index in [-0.39, 0.29) is 5.84 Å². The average Bonchev–Trinajstić information content (AvgIpc) is 2.45. The van der Waals surface area contributed by atoms with Gasteiger partial charge >= 0.3 is 0 Å². The predicted molar refractivity (Wildman–Crippen MR) is 53.3 cm³/mol. The molecular weight excluding hydrogens is 178 g/mol. The molecule has 5 nitrogen and oxygen atoms in total. The summed E-state index contributed by atoms with van der Waals surface area (Å²) < 4.78 is 1.70. The maximum Gasteiger partial charge on any atom is 0.159 e. The zero-order valence-corrected chi connectivity index (χ0v) is 7.86. The highest BCUT2D eigenvalue weighted by molar-refractivity contribution is 5.81. The molecule has 2 heterocycles. The average molecular weight is 189 g/mol. The molecule has 3 N–H and O–H groups in total. The molecule has 72 valence electrons. The minimum absolute atomic E-state index is 0.138. The number of rotatable bonds is 2. The van der Waals surface area contributed by atoms with E-state index in [0.29, 0.717) is 6.42 Å². The summed E-state index contributed by atoms with van der Waals surface area (Å²) in [5.41, 5.74) is 7.06. The minimum atomic E-state index is 0.138. The van der Waals surface area contributed by atoms with Crippen LogP contribution in [0.3, 0.4) is 0 Å². The lowest BCUT2D eigenvalue weighted by molar-refractivity contribution is 0.925. The lowest BCUT2D eigenvalue weighted by Crippen LogP contribution is -2.13. The Morgan fingerprint density at radius 1 is 1.64 bits per heavy atom. The van der Waals surface area contributed by atoms with Gasteiger partial charge in [0.1, 0.15) is 5.82 Å². The Hall–Kier alpha value is -1.91. The molecule has 0 saturated heterocycles. The number of fused-ring (bicyclic) bond motifs is 1. The number of nitrogens with two attached hydrogens (primary N) is 1. The number of nitrogens with zero attached hydrogens (tertiary/aromatic N) is 3. The number of nitrogens with one attached hydrogen (secondary N) is 1. The summed E-state index contributed by atoms with van der Waals surface area (Å²) in [6, 6.07) is 3.78. The third kappa shape index (κ3) is 1.44. The first-order chi connectivity index (χ1) is 6.66. The minimum Gasteiger partial charge on any atom is -0.387 e. The van der Waals surface area contributed by atoms with Gasteiger partial charge in [0.25, 0.3) is 0 Å². The van der Waals surface area contributed by atoms with E-state index in [1.165, 1.54) is 0 Å². The lowest BCUT2D eigenvalue weighted by Gasteiger charge is -1.99. The van der Waals surface area contributed by atoms with Crippen LogP contribution in [0.4, 0.5) is 0 Å². The first kappa shape index (κ1) is 8.68. The molecule has 0 bridgehead atoms. The van der Waals surface area contributed by atoms with E-state index in [4.69, 9.17) is 11.1 Å². The van der Waals surface area contributed by atoms with Crippen LogP contribution in [0.2, 0.25) is 0 Å². The smallest absolute Gasteiger partial charge is 0.159 e. The molecule has 0 aromatic carbocycles. The number of aryl methyl sites for hydroxylation is 1. The summed E-state index contributed by atoms with van der Waals surface area (Å²) in [7, 11) is 0. The second-order valence-electron chi connectivity index (χ2n) is 3.16. The Balaban J connectivity index is 2.58. The van der Waals surface area contributed by atoms with E-state index in [0.717, 1.165) is 17.0 Å². The summed E-state index contributed by atoms with van der Waals surface area (Å²) in [4.78, 5) is 4.27. The molecular formula is C9H11N5. The van der Waals surface area contributed by atoms with Crippen LogP contribution in [-0.2, 0) is 6.42 Å². The highest BCUT2D eigenvalue weighted by Crippen LogP contribution is 2.08. The highest BCUT2D eigenvalue weighted by Gasteiger charge is 2.05. The molecule has 0 atom stereocenters. The topological polar surface area (TPSA) is 80.1 Å². The van der Waals surface area contributed by atoms with Crippen molar-refractivity contribution in [1.29, 1.82) is 5.41 Å². The molecule has 0 radical (unpaired) electrons. The molecule has 0 fully saturated rings. The lowest BCUT2D eigenvalue weighted by atomic mass is 10.2. The number of pyridine rings is 1.